The third-order valence-corrected chi connectivity index (χ3v) is 5.46. The largest absolute Gasteiger partial charge is 0.312 e. The summed E-state index contributed by atoms with van der Waals surface area (Å²) in [6.07, 6.45) is 0. The molecule has 4 nitrogen and oxygen atoms in total. The average molecular weight is 328 g/mol. The maximum absolute atomic E-state index is 13.2. The Hall–Kier alpha value is -1.44. The fourth-order valence-electron chi connectivity index (χ4n) is 1.85. The minimum absolute atomic E-state index is 0.260. The van der Waals surface area contributed by atoms with Gasteiger partial charge >= 0.3 is 0 Å². The van der Waals surface area contributed by atoms with Gasteiger partial charge in [0.05, 0.1) is 0 Å². The van der Waals surface area contributed by atoms with Gasteiger partial charge in [-0.2, -0.15) is 0 Å². The van der Waals surface area contributed by atoms with Crippen LogP contribution in [-0.2, 0) is 16.6 Å². The minimum Gasteiger partial charge on any atom is -0.312 e. The van der Waals surface area contributed by atoms with Crippen LogP contribution in [0.3, 0.4) is 0 Å². The molecular weight excluding hydrogens is 311 g/mol. The van der Waals surface area contributed by atoms with Gasteiger partial charge < -0.3 is 5.32 Å². The molecule has 0 unspecified atom stereocenters. The van der Waals surface area contributed by atoms with Gasteiger partial charge in [0.1, 0.15) is 10.7 Å². The summed E-state index contributed by atoms with van der Waals surface area (Å²) in [5.41, 5.74) is 0.753. The third kappa shape index (κ3) is 3.81. The van der Waals surface area contributed by atoms with Crippen molar-refractivity contribution in [1.82, 2.24) is 5.32 Å². The lowest BCUT2D eigenvalue weighted by Gasteiger charge is -2.10. The van der Waals surface area contributed by atoms with Crippen molar-refractivity contribution in [2.45, 2.75) is 25.3 Å². The first-order valence-electron chi connectivity index (χ1n) is 6.50. The molecule has 2 rings (SSSR count). The molecule has 0 aliphatic heterocycles. The van der Waals surface area contributed by atoms with E-state index in [4.69, 9.17) is 0 Å². The molecule has 0 aliphatic rings. The van der Waals surface area contributed by atoms with Crippen LogP contribution in [0.4, 0.5) is 10.1 Å². The highest BCUT2D eigenvalue weighted by Crippen LogP contribution is 2.25. The van der Waals surface area contributed by atoms with Crippen LogP contribution in [0, 0.1) is 12.7 Å². The predicted octanol–water partition coefficient (Wildman–Crippen LogP) is 3.11. The molecule has 0 atom stereocenters. The second-order valence-electron chi connectivity index (χ2n) is 4.56. The van der Waals surface area contributed by atoms with E-state index >= 15 is 0 Å². The predicted molar refractivity (Wildman–Crippen MR) is 83.6 cm³/mol. The summed E-state index contributed by atoms with van der Waals surface area (Å²) in [5, 5.41) is 4.86. The molecule has 0 fully saturated rings. The molecule has 0 saturated carbocycles. The highest BCUT2D eigenvalue weighted by atomic mass is 32.2. The quantitative estimate of drug-likeness (QED) is 0.856. The lowest BCUT2D eigenvalue weighted by atomic mass is 10.2. The molecule has 1 aromatic heterocycles. The van der Waals surface area contributed by atoms with Crippen molar-refractivity contribution in [3.05, 3.63) is 45.9 Å². The van der Waals surface area contributed by atoms with Gasteiger partial charge in [0.15, 0.2) is 0 Å². The second-order valence-corrected chi connectivity index (χ2v) is 7.21. The molecule has 7 heteroatoms. The average Bonchev–Trinajstić information content (AvgIpc) is 2.89. The number of thiophene rings is 1. The lowest BCUT2D eigenvalue weighted by molar-refractivity contribution is 0.599. The summed E-state index contributed by atoms with van der Waals surface area (Å²) in [4.78, 5) is 1.01. The van der Waals surface area contributed by atoms with Gasteiger partial charge in [-0.25, -0.2) is 12.8 Å². The zero-order chi connectivity index (χ0) is 15.5. The third-order valence-electron chi connectivity index (χ3n) is 2.94. The van der Waals surface area contributed by atoms with E-state index in [-0.39, 0.29) is 10.7 Å². The summed E-state index contributed by atoms with van der Waals surface area (Å²) in [6, 6.07) is 5.72. The number of hydrogen-bond donors (Lipinski definition) is 2. The van der Waals surface area contributed by atoms with E-state index in [1.807, 2.05) is 6.92 Å². The van der Waals surface area contributed by atoms with Gasteiger partial charge in [0.25, 0.3) is 10.0 Å². The van der Waals surface area contributed by atoms with Crippen molar-refractivity contribution in [2.75, 3.05) is 11.3 Å². The van der Waals surface area contributed by atoms with Crippen molar-refractivity contribution in [1.29, 1.82) is 0 Å². The van der Waals surface area contributed by atoms with Crippen LogP contribution >= 0.6 is 11.3 Å². The summed E-state index contributed by atoms with van der Waals surface area (Å²) in [5.74, 6) is -0.360. The Morgan fingerprint density at radius 1 is 1.29 bits per heavy atom. The molecule has 1 aromatic carbocycles. The molecule has 21 heavy (non-hydrogen) atoms. The maximum atomic E-state index is 13.2. The Balaban J connectivity index is 2.26. The Morgan fingerprint density at radius 2 is 2.05 bits per heavy atom. The van der Waals surface area contributed by atoms with Gasteiger partial charge in [-0.15, -0.1) is 11.3 Å². The Kier molecular flexibility index (Phi) is 4.97. The van der Waals surface area contributed by atoms with E-state index in [0.717, 1.165) is 11.4 Å². The van der Waals surface area contributed by atoms with Crippen LogP contribution in [0.5, 0.6) is 0 Å². The molecular formula is C14H17FN2O2S2. The fraction of sp³-hybridized carbons (Fsp3) is 0.286. The number of halogens is 1. The molecule has 0 radical (unpaired) electrons. The monoisotopic (exact) mass is 328 g/mol. The molecule has 2 N–H and O–H groups in total. The van der Waals surface area contributed by atoms with Gasteiger partial charge in [-0.1, -0.05) is 6.92 Å². The van der Waals surface area contributed by atoms with Crippen LogP contribution in [0.15, 0.2) is 34.5 Å². The van der Waals surface area contributed by atoms with E-state index in [0.29, 0.717) is 17.8 Å². The first-order chi connectivity index (χ1) is 9.94. The highest BCUT2D eigenvalue weighted by molar-refractivity contribution is 7.93. The number of nitrogens with one attached hydrogen (secondary N) is 2. The van der Waals surface area contributed by atoms with Crippen LogP contribution in [0.1, 0.15) is 17.4 Å². The summed E-state index contributed by atoms with van der Waals surface area (Å²) in [6.45, 7) is 4.82. The summed E-state index contributed by atoms with van der Waals surface area (Å²) in [7, 11) is -3.66. The fourth-order valence-corrected chi connectivity index (χ4v) is 4.32. The standard InChI is InChI=1S/C14H17FN2O2S2/c1-3-16-9-13-14(6-7-20-13)21(18,19)17-11-4-5-12(15)10(2)8-11/h4-8,16-17H,3,9H2,1-2H3. The number of aryl methyl sites for hydroxylation is 1. The lowest BCUT2D eigenvalue weighted by Crippen LogP contribution is -2.17. The van der Waals surface area contributed by atoms with E-state index < -0.39 is 10.0 Å². The number of anilines is 1. The van der Waals surface area contributed by atoms with E-state index in [9.17, 15) is 12.8 Å². The molecule has 2 aromatic rings. The normalized spacial score (nSPS) is 11.6. The smallest absolute Gasteiger partial charge is 0.263 e. The number of benzene rings is 1. The number of rotatable bonds is 6. The molecule has 1 heterocycles. The molecule has 0 spiro atoms. The first kappa shape index (κ1) is 15.9. The van der Waals surface area contributed by atoms with Gasteiger partial charge in [-0.3, -0.25) is 4.72 Å². The first-order valence-corrected chi connectivity index (χ1v) is 8.86. The summed E-state index contributed by atoms with van der Waals surface area (Å²) < 4.78 is 40.5. The molecule has 0 amide bonds. The topological polar surface area (TPSA) is 58.2 Å². The van der Waals surface area contributed by atoms with Crippen LogP contribution in [0.2, 0.25) is 0 Å². The Morgan fingerprint density at radius 3 is 2.71 bits per heavy atom. The summed E-state index contributed by atoms with van der Waals surface area (Å²) >= 11 is 1.39. The highest BCUT2D eigenvalue weighted by Gasteiger charge is 2.19. The van der Waals surface area contributed by atoms with Crippen LogP contribution in [-0.4, -0.2) is 15.0 Å². The Labute approximate surface area is 128 Å². The Bertz CT molecular complexity index is 726. The van der Waals surface area contributed by atoms with Crippen molar-refractivity contribution in [2.24, 2.45) is 0 Å². The van der Waals surface area contributed by atoms with E-state index in [1.54, 1.807) is 18.4 Å². The van der Waals surface area contributed by atoms with Crippen molar-refractivity contribution < 1.29 is 12.8 Å². The zero-order valence-corrected chi connectivity index (χ0v) is 13.4. The number of sulfonamides is 1. The maximum Gasteiger partial charge on any atom is 0.263 e. The van der Waals surface area contributed by atoms with E-state index in [1.165, 1.54) is 29.5 Å². The van der Waals surface area contributed by atoms with E-state index in [2.05, 4.69) is 10.0 Å². The van der Waals surface area contributed by atoms with Gasteiger partial charge in [0.2, 0.25) is 0 Å². The zero-order valence-electron chi connectivity index (χ0n) is 11.8. The van der Waals surface area contributed by atoms with Crippen LogP contribution in [0.25, 0.3) is 0 Å². The molecule has 114 valence electrons. The molecule has 0 saturated heterocycles. The van der Waals surface area contributed by atoms with Crippen LogP contribution < -0.4 is 10.0 Å². The van der Waals surface area contributed by atoms with Crippen molar-refractivity contribution in [3.63, 3.8) is 0 Å². The SMILES string of the molecule is CCNCc1sccc1S(=O)(=O)Nc1ccc(F)c(C)c1. The van der Waals surface area contributed by atoms with Gasteiger partial charge in [-0.05, 0) is 48.7 Å². The molecule has 0 bridgehead atoms. The van der Waals surface area contributed by atoms with Crippen molar-refractivity contribution >= 4 is 27.0 Å². The minimum atomic E-state index is -3.66. The van der Waals surface area contributed by atoms with Gasteiger partial charge in [0, 0.05) is 17.1 Å². The molecule has 0 aliphatic carbocycles. The second kappa shape index (κ2) is 6.55. The number of hydrogen-bond acceptors (Lipinski definition) is 4. The van der Waals surface area contributed by atoms with Crippen molar-refractivity contribution in [3.8, 4) is 0 Å².